The SMILES string of the molecule is O=C(NCc1ccncc1)Nc1ccc(C(=O)NCc2ccccc2Br)cc1. The summed E-state index contributed by atoms with van der Waals surface area (Å²) in [6.07, 6.45) is 3.35. The van der Waals surface area contributed by atoms with Crippen LogP contribution in [0, 0.1) is 0 Å². The fourth-order valence-corrected chi connectivity index (χ4v) is 2.91. The molecule has 3 aromatic rings. The van der Waals surface area contributed by atoms with Gasteiger partial charge >= 0.3 is 6.03 Å². The molecule has 0 unspecified atom stereocenters. The van der Waals surface area contributed by atoms with Crippen molar-refractivity contribution in [1.82, 2.24) is 15.6 Å². The molecule has 3 rings (SSSR count). The van der Waals surface area contributed by atoms with Gasteiger partial charge in [-0.1, -0.05) is 34.1 Å². The zero-order chi connectivity index (χ0) is 19.8. The Hall–Kier alpha value is -3.19. The molecule has 0 fully saturated rings. The van der Waals surface area contributed by atoms with Crippen LogP contribution in [0.15, 0.2) is 77.5 Å². The average molecular weight is 439 g/mol. The Kier molecular flexibility index (Phi) is 6.75. The Labute approximate surface area is 171 Å². The molecule has 7 heteroatoms. The molecule has 0 aliphatic rings. The van der Waals surface area contributed by atoms with E-state index >= 15 is 0 Å². The molecular formula is C21H19BrN4O2. The summed E-state index contributed by atoms with van der Waals surface area (Å²) in [6.45, 7) is 0.835. The van der Waals surface area contributed by atoms with Crippen molar-refractivity contribution in [3.05, 3.63) is 94.2 Å². The van der Waals surface area contributed by atoms with Crippen molar-refractivity contribution in [3.8, 4) is 0 Å². The highest BCUT2D eigenvalue weighted by Gasteiger charge is 2.07. The number of hydrogen-bond acceptors (Lipinski definition) is 3. The lowest BCUT2D eigenvalue weighted by molar-refractivity contribution is 0.0951. The van der Waals surface area contributed by atoms with Crippen LogP contribution in [0.2, 0.25) is 0 Å². The van der Waals surface area contributed by atoms with Crippen molar-refractivity contribution in [1.29, 1.82) is 0 Å². The lowest BCUT2D eigenvalue weighted by atomic mass is 10.1. The molecule has 3 amide bonds. The van der Waals surface area contributed by atoms with E-state index in [1.807, 2.05) is 36.4 Å². The number of pyridine rings is 1. The molecule has 0 saturated heterocycles. The van der Waals surface area contributed by atoms with Crippen molar-refractivity contribution >= 4 is 33.6 Å². The highest BCUT2D eigenvalue weighted by Crippen LogP contribution is 2.16. The van der Waals surface area contributed by atoms with E-state index in [9.17, 15) is 9.59 Å². The van der Waals surface area contributed by atoms with Gasteiger partial charge in [0.2, 0.25) is 0 Å². The largest absolute Gasteiger partial charge is 0.348 e. The molecule has 2 aromatic carbocycles. The number of anilines is 1. The van der Waals surface area contributed by atoms with Gasteiger partial charge in [-0.05, 0) is 53.6 Å². The zero-order valence-corrected chi connectivity index (χ0v) is 16.6. The summed E-state index contributed by atoms with van der Waals surface area (Å²) in [5.74, 6) is -0.176. The highest BCUT2D eigenvalue weighted by atomic mass is 79.9. The fraction of sp³-hybridized carbons (Fsp3) is 0.0952. The second kappa shape index (κ2) is 9.66. The minimum atomic E-state index is -0.317. The third-order valence-electron chi connectivity index (χ3n) is 4.00. The normalized spacial score (nSPS) is 10.2. The first-order chi connectivity index (χ1) is 13.6. The van der Waals surface area contributed by atoms with Gasteiger partial charge in [0.25, 0.3) is 5.91 Å². The summed E-state index contributed by atoms with van der Waals surface area (Å²) in [5, 5.41) is 8.39. The van der Waals surface area contributed by atoms with E-state index in [4.69, 9.17) is 0 Å². The summed E-state index contributed by atoms with van der Waals surface area (Å²) in [7, 11) is 0. The quantitative estimate of drug-likeness (QED) is 0.541. The van der Waals surface area contributed by atoms with E-state index in [2.05, 4.69) is 36.9 Å². The van der Waals surface area contributed by atoms with E-state index < -0.39 is 0 Å². The Balaban J connectivity index is 1.49. The fourth-order valence-electron chi connectivity index (χ4n) is 2.48. The number of amides is 3. The summed E-state index contributed by atoms with van der Waals surface area (Å²) < 4.78 is 0.952. The molecule has 0 saturated carbocycles. The van der Waals surface area contributed by atoms with Crippen LogP contribution in [0.25, 0.3) is 0 Å². The molecule has 0 radical (unpaired) electrons. The van der Waals surface area contributed by atoms with Crippen LogP contribution in [0.3, 0.4) is 0 Å². The number of nitrogens with one attached hydrogen (secondary N) is 3. The minimum absolute atomic E-state index is 0.176. The third-order valence-corrected chi connectivity index (χ3v) is 4.78. The first-order valence-corrected chi connectivity index (χ1v) is 9.46. The molecule has 1 aromatic heterocycles. The van der Waals surface area contributed by atoms with Crippen LogP contribution in [0.1, 0.15) is 21.5 Å². The van der Waals surface area contributed by atoms with E-state index in [-0.39, 0.29) is 11.9 Å². The van der Waals surface area contributed by atoms with E-state index in [0.717, 1.165) is 15.6 Å². The van der Waals surface area contributed by atoms with E-state index in [1.165, 1.54) is 0 Å². The molecule has 1 heterocycles. The number of benzene rings is 2. The predicted octanol–water partition coefficient (Wildman–Crippen LogP) is 4.10. The number of halogens is 1. The summed E-state index contributed by atoms with van der Waals surface area (Å²) in [5.41, 5.74) is 3.09. The van der Waals surface area contributed by atoms with Gasteiger partial charge in [-0.3, -0.25) is 9.78 Å². The van der Waals surface area contributed by atoms with Gasteiger partial charge in [0.15, 0.2) is 0 Å². The van der Waals surface area contributed by atoms with Crippen molar-refractivity contribution in [2.75, 3.05) is 5.32 Å². The maximum atomic E-state index is 12.3. The van der Waals surface area contributed by atoms with Crippen molar-refractivity contribution in [2.45, 2.75) is 13.1 Å². The standard InChI is InChI=1S/C21H19BrN4O2/c22-19-4-2-1-3-17(19)14-24-20(27)16-5-7-18(8-6-16)26-21(28)25-13-15-9-11-23-12-10-15/h1-12H,13-14H2,(H,24,27)(H2,25,26,28). The number of rotatable bonds is 6. The molecule has 6 nitrogen and oxygen atoms in total. The second-order valence-electron chi connectivity index (χ2n) is 6.01. The smallest absolute Gasteiger partial charge is 0.319 e. The third kappa shape index (κ3) is 5.65. The van der Waals surface area contributed by atoms with E-state index in [1.54, 1.807) is 36.7 Å². The summed E-state index contributed by atoms with van der Waals surface area (Å²) in [4.78, 5) is 28.2. The minimum Gasteiger partial charge on any atom is -0.348 e. The maximum Gasteiger partial charge on any atom is 0.319 e. The van der Waals surface area contributed by atoms with Gasteiger partial charge in [0.05, 0.1) is 0 Å². The van der Waals surface area contributed by atoms with E-state index in [0.29, 0.717) is 24.3 Å². The topological polar surface area (TPSA) is 83.1 Å². The van der Waals surface area contributed by atoms with Gasteiger partial charge in [0, 0.05) is 41.2 Å². The predicted molar refractivity (Wildman–Crippen MR) is 112 cm³/mol. The van der Waals surface area contributed by atoms with Crippen LogP contribution in [0.5, 0.6) is 0 Å². The van der Waals surface area contributed by atoms with Crippen LogP contribution in [-0.4, -0.2) is 16.9 Å². The number of nitrogens with zero attached hydrogens (tertiary/aromatic N) is 1. The molecule has 0 bridgehead atoms. The molecule has 0 spiro atoms. The van der Waals surface area contributed by atoms with Gasteiger partial charge in [0.1, 0.15) is 0 Å². The van der Waals surface area contributed by atoms with Gasteiger partial charge in [-0.2, -0.15) is 0 Å². The Morgan fingerprint density at radius 1 is 0.857 bits per heavy atom. The monoisotopic (exact) mass is 438 g/mol. The van der Waals surface area contributed by atoms with Crippen molar-refractivity contribution < 1.29 is 9.59 Å². The second-order valence-corrected chi connectivity index (χ2v) is 6.87. The Bertz CT molecular complexity index is 946. The van der Waals surface area contributed by atoms with Crippen LogP contribution in [-0.2, 0) is 13.1 Å². The van der Waals surface area contributed by atoms with Crippen LogP contribution >= 0.6 is 15.9 Å². The van der Waals surface area contributed by atoms with Crippen LogP contribution in [0.4, 0.5) is 10.5 Å². The first kappa shape index (κ1) is 19.6. The highest BCUT2D eigenvalue weighted by molar-refractivity contribution is 9.10. The zero-order valence-electron chi connectivity index (χ0n) is 15.0. The summed E-state index contributed by atoms with van der Waals surface area (Å²) in [6, 6.07) is 17.8. The lowest BCUT2D eigenvalue weighted by Crippen LogP contribution is -2.28. The van der Waals surface area contributed by atoms with Gasteiger partial charge in [-0.25, -0.2) is 4.79 Å². The number of aromatic nitrogens is 1. The molecule has 0 atom stereocenters. The van der Waals surface area contributed by atoms with Gasteiger partial charge in [-0.15, -0.1) is 0 Å². The molecular weight excluding hydrogens is 420 g/mol. The van der Waals surface area contributed by atoms with Crippen molar-refractivity contribution in [2.24, 2.45) is 0 Å². The average Bonchev–Trinajstić information content (AvgIpc) is 2.73. The first-order valence-electron chi connectivity index (χ1n) is 8.67. The van der Waals surface area contributed by atoms with Crippen LogP contribution < -0.4 is 16.0 Å². The Morgan fingerprint density at radius 3 is 2.29 bits per heavy atom. The molecule has 0 aliphatic heterocycles. The number of hydrogen-bond donors (Lipinski definition) is 3. The lowest BCUT2D eigenvalue weighted by Gasteiger charge is -2.09. The Morgan fingerprint density at radius 2 is 1.57 bits per heavy atom. The summed E-state index contributed by atoms with van der Waals surface area (Å²) >= 11 is 3.46. The molecule has 3 N–H and O–H groups in total. The maximum absolute atomic E-state index is 12.3. The number of carbonyl (C=O) groups excluding carboxylic acids is 2. The van der Waals surface area contributed by atoms with Crippen molar-refractivity contribution in [3.63, 3.8) is 0 Å². The molecule has 142 valence electrons. The molecule has 28 heavy (non-hydrogen) atoms. The van der Waals surface area contributed by atoms with Gasteiger partial charge < -0.3 is 16.0 Å². The number of urea groups is 1. The molecule has 0 aliphatic carbocycles. The number of carbonyl (C=O) groups is 2.